The molecule has 0 aromatic carbocycles. The maximum absolute atomic E-state index is 11.4. The van der Waals surface area contributed by atoms with Crippen LogP contribution in [0.5, 0.6) is 0 Å². The topological polar surface area (TPSA) is 58.2 Å². The molecule has 0 fully saturated rings. The van der Waals surface area contributed by atoms with Crippen LogP contribution in [0.2, 0.25) is 0 Å². The molecular formula is C9H22N2O2S. The monoisotopic (exact) mass is 222 g/mol. The van der Waals surface area contributed by atoms with Gasteiger partial charge >= 0.3 is 0 Å². The number of hydrogen-bond acceptors (Lipinski definition) is 3. The first kappa shape index (κ1) is 13.9. The predicted octanol–water partition coefficient (Wildman–Crippen LogP) is 0.561. The Balaban J connectivity index is 3.62. The Labute approximate surface area is 87.5 Å². The Kier molecular flexibility index (Phi) is 7.13. The highest BCUT2D eigenvalue weighted by Crippen LogP contribution is 2.01. The Bertz CT molecular complexity index is 225. The number of rotatable bonds is 8. The molecule has 0 heterocycles. The van der Waals surface area contributed by atoms with E-state index in [0.29, 0.717) is 12.5 Å². The van der Waals surface area contributed by atoms with Crippen molar-refractivity contribution in [1.29, 1.82) is 0 Å². The van der Waals surface area contributed by atoms with Gasteiger partial charge in [0.25, 0.3) is 0 Å². The summed E-state index contributed by atoms with van der Waals surface area (Å²) in [6.45, 7) is 5.42. The zero-order valence-electron chi connectivity index (χ0n) is 9.34. The minimum atomic E-state index is -3.03. The highest BCUT2D eigenvalue weighted by Gasteiger charge is 2.09. The van der Waals surface area contributed by atoms with E-state index in [9.17, 15) is 8.42 Å². The van der Waals surface area contributed by atoms with Gasteiger partial charge in [0.1, 0.15) is 0 Å². The number of sulfonamides is 1. The molecule has 0 unspecified atom stereocenters. The zero-order valence-corrected chi connectivity index (χ0v) is 10.2. The lowest BCUT2D eigenvalue weighted by molar-refractivity contribution is 0.559. The summed E-state index contributed by atoms with van der Waals surface area (Å²) in [7, 11) is -1.18. The largest absolute Gasteiger partial charge is 0.320 e. The average molecular weight is 222 g/mol. The van der Waals surface area contributed by atoms with E-state index in [1.807, 2.05) is 20.9 Å². The Morgan fingerprint density at radius 3 is 2.36 bits per heavy atom. The lowest BCUT2D eigenvalue weighted by Crippen LogP contribution is -2.29. The van der Waals surface area contributed by atoms with Crippen LogP contribution in [-0.4, -0.2) is 34.3 Å². The molecule has 2 N–H and O–H groups in total. The van der Waals surface area contributed by atoms with Gasteiger partial charge in [-0.15, -0.1) is 0 Å². The highest BCUT2D eigenvalue weighted by molar-refractivity contribution is 7.89. The third-order valence-electron chi connectivity index (χ3n) is 1.89. The number of hydrogen-bond donors (Lipinski definition) is 2. The SMILES string of the molecule is CNCCCNS(=O)(=O)CCC(C)C. The third-order valence-corrected chi connectivity index (χ3v) is 3.31. The molecule has 86 valence electrons. The van der Waals surface area contributed by atoms with Gasteiger partial charge in [-0.2, -0.15) is 0 Å². The standard InChI is InChI=1S/C9H22N2O2S/c1-9(2)5-8-14(12,13)11-7-4-6-10-3/h9-11H,4-8H2,1-3H3. The fourth-order valence-electron chi connectivity index (χ4n) is 0.956. The summed E-state index contributed by atoms with van der Waals surface area (Å²) in [5.74, 6) is 0.674. The van der Waals surface area contributed by atoms with Gasteiger partial charge in [0.15, 0.2) is 0 Å². The van der Waals surface area contributed by atoms with Crippen LogP contribution >= 0.6 is 0 Å². The van der Waals surface area contributed by atoms with E-state index in [-0.39, 0.29) is 5.75 Å². The second-order valence-corrected chi connectivity index (χ2v) is 5.78. The van der Waals surface area contributed by atoms with Crippen molar-refractivity contribution in [2.45, 2.75) is 26.7 Å². The van der Waals surface area contributed by atoms with Crippen molar-refractivity contribution in [3.63, 3.8) is 0 Å². The lowest BCUT2D eigenvalue weighted by Gasteiger charge is -2.07. The minimum Gasteiger partial charge on any atom is -0.320 e. The predicted molar refractivity (Wildman–Crippen MR) is 59.8 cm³/mol. The Hall–Kier alpha value is -0.130. The molecule has 0 bridgehead atoms. The van der Waals surface area contributed by atoms with E-state index in [2.05, 4.69) is 10.0 Å². The maximum atomic E-state index is 11.4. The summed E-state index contributed by atoms with van der Waals surface area (Å²) in [5, 5.41) is 2.97. The molecule has 0 amide bonds. The van der Waals surface area contributed by atoms with Gasteiger partial charge in [0.2, 0.25) is 10.0 Å². The molecule has 0 aliphatic heterocycles. The van der Waals surface area contributed by atoms with Crippen molar-refractivity contribution in [3.05, 3.63) is 0 Å². The zero-order chi connectivity index (χ0) is 11.0. The first-order chi connectivity index (χ1) is 6.48. The summed E-state index contributed by atoms with van der Waals surface area (Å²) >= 11 is 0. The van der Waals surface area contributed by atoms with Crippen molar-refractivity contribution < 1.29 is 8.42 Å². The van der Waals surface area contributed by atoms with Crippen LogP contribution < -0.4 is 10.0 Å². The molecule has 0 aromatic heterocycles. The molecule has 0 saturated carbocycles. The van der Waals surface area contributed by atoms with Gasteiger partial charge < -0.3 is 5.32 Å². The Morgan fingerprint density at radius 1 is 1.21 bits per heavy atom. The first-order valence-electron chi connectivity index (χ1n) is 5.10. The van der Waals surface area contributed by atoms with Crippen molar-refractivity contribution >= 4 is 10.0 Å². The van der Waals surface area contributed by atoms with Crippen LogP contribution in [0.25, 0.3) is 0 Å². The van der Waals surface area contributed by atoms with Gasteiger partial charge in [-0.25, -0.2) is 13.1 Å². The van der Waals surface area contributed by atoms with Crippen molar-refractivity contribution in [1.82, 2.24) is 10.0 Å². The number of nitrogens with one attached hydrogen (secondary N) is 2. The fourth-order valence-corrected chi connectivity index (χ4v) is 2.34. The summed E-state index contributed by atoms with van der Waals surface area (Å²) in [6.07, 6.45) is 1.55. The van der Waals surface area contributed by atoms with E-state index >= 15 is 0 Å². The molecule has 4 nitrogen and oxygen atoms in total. The van der Waals surface area contributed by atoms with Crippen molar-refractivity contribution in [2.24, 2.45) is 5.92 Å². The molecule has 0 aliphatic rings. The second-order valence-electron chi connectivity index (χ2n) is 3.85. The molecule has 0 rings (SSSR count). The summed E-state index contributed by atoms with van der Waals surface area (Å²) < 4.78 is 25.3. The molecule has 0 atom stereocenters. The van der Waals surface area contributed by atoms with Crippen LogP contribution in [0.1, 0.15) is 26.7 Å². The van der Waals surface area contributed by atoms with E-state index in [1.165, 1.54) is 0 Å². The van der Waals surface area contributed by atoms with Crippen molar-refractivity contribution in [2.75, 3.05) is 25.9 Å². The normalized spacial score (nSPS) is 12.3. The quantitative estimate of drug-likeness (QED) is 0.590. The smallest absolute Gasteiger partial charge is 0.211 e. The molecule has 0 radical (unpaired) electrons. The van der Waals surface area contributed by atoms with Gasteiger partial charge in [0.05, 0.1) is 5.75 Å². The molecule has 0 saturated heterocycles. The molecule has 5 heteroatoms. The Morgan fingerprint density at radius 2 is 1.86 bits per heavy atom. The molecule has 0 spiro atoms. The summed E-state index contributed by atoms with van der Waals surface area (Å²) in [6, 6.07) is 0. The molecule has 14 heavy (non-hydrogen) atoms. The van der Waals surface area contributed by atoms with E-state index < -0.39 is 10.0 Å². The first-order valence-corrected chi connectivity index (χ1v) is 6.75. The van der Waals surface area contributed by atoms with Gasteiger partial charge in [-0.3, -0.25) is 0 Å². The average Bonchev–Trinajstić information content (AvgIpc) is 2.10. The summed E-state index contributed by atoms with van der Waals surface area (Å²) in [4.78, 5) is 0. The van der Waals surface area contributed by atoms with Crippen LogP contribution in [0.15, 0.2) is 0 Å². The lowest BCUT2D eigenvalue weighted by atomic mass is 10.2. The molecular weight excluding hydrogens is 200 g/mol. The van der Waals surface area contributed by atoms with E-state index in [4.69, 9.17) is 0 Å². The van der Waals surface area contributed by atoms with Crippen LogP contribution in [0, 0.1) is 5.92 Å². The van der Waals surface area contributed by atoms with E-state index in [0.717, 1.165) is 19.4 Å². The second kappa shape index (κ2) is 7.20. The highest BCUT2D eigenvalue weighted by atomic mass is 32.2. The van der Waals surface area contributed by atoms with Gasteiger partial charge in [-0.1, -0.05) is 13.8 Å². The van der Waals surface area contributed by atoms with Crippen LogP contribution in [0.3, 0.4) is 0 Å². The maximum Gasteiger partial charge on any atom is 0.211 e. The van der Waals surface area contributed by atoms with Crippen molar-refractivity contribution in [3.8, 4) is 0 Å². The molecule has 0 aromatic rings. The van der Waals surface area contributed by atoms with Gasteiger partial charge in [0, 0.05) is 6.54 Å². The van der Waals surface area contributed by atoms with Gasteiger partial charge in [-0.05, 0) is 32.4 Å². The fraction of sp³-hybridized carbons (Fsp3) is 1.00. The van der Waals surface area contributed by atoms with Crippen LogP contribution in [-0.2, 0) is 10.0 Å². The van der Waals surface area contributed by atoms with E-state index in [1.54, 1.807) is 0 Å². The summed E-state index contributed by atoms with van der Waals surface area (Å²) in [5.41, 5.74) is 0. The molecule has 0 aliphatic carbocycles. The van der Waals surface area contributed by atoms with Crippen LogP contribution in [0.4, 0.5) is 0 Å². The third kappa shape index (κ3) is 8.47. The minimum absolute atomic E-state index is 0.240.